The van der Waals surface area contributed by atoms with Gasteiger partial charge in [0.2, 0.25) is 10.0 Å². The summed E-state index contributed by atoms with van der Waals surface area (Å²) in [4.78, 5) is 7.97. The summed E-state index contributed by atoms with van der Waals surface area (Å²) in [5.41, 5.74) is 1.92. The fourth-order valence-electron chi connectivity index (χ4n) is 3.77. The van der Waals surface area contributed by atoms with Gasteiger partial charge in [0, 0.05) is 11.4 Å². The summed E-state index contributed by atoms with van der Waals surface area (Å²) in [6, 6.07) is 5.85. The Bertz CT molecular complexity index is 1280. The Labute approximate surface area is 183 Å². The second kappa shape index (κ2) is 8.88. The van der Waals surface area contributed by atoms with Crippen LogP contribution in [0.2, 0.25) is 0 Å². The molecule has 7 nitrogen and oxygen atoms in total. The largest absolute Gasteiger partial charge is 0.334 e. The molecule has 1 N–H and O–H groups in total. The van der Waals surface area contributed by atoms with E-state index in [0.717, 1.165) is 37.2 Å². The third kappa shape index (κ3) is 3.84. The van der Waals surface area contributed by atoms with Gasteiger partial charge in [0.25, 0.3) is 0 Å². The minimum atomic E-state index is -4.22. The maximum Gasteiger partial charge on any atom is 0.244 e. The lowest BCUT2D eigenvalue weighted by atomic mass is 9.92. The molecule has 1 saturated carbocycles. The summed E-state index contributed by atoms with van der Waals surface area (Å²) in [5, 5.41) is 10.5. The van der Waals surface area contributed by atoms with Crippen LogP contribution < -0.4 is 4.72 Å². The number of rotatable bonds is 8. The molecule has 11 heteroatoms. The summed E-state index contributed by atoms with van der Waals surface area (Å²) in [6.45, 7) is -3.05. The molecule has 2 aromatic heterocycles. The van der Waals surface area contributed by atoms with Gasteiger partial charge in [-0.15, -0.1) is 0 Å². The first-order valence-electron chi connectivity index (χ1n) is 10.0. The molecule has 0 amide bonds. The maximum absolute atomic E-state index is 13.2. The van der Waals surface area contributed by atoms with E-state index in [-0.39, 0.29) is 22.3 Å². The number of aromatic nitrogens is 3. The molecule has 168 valence electrons. The monoisotopic (exact) mass is 463 g/mol. The topological polar surface area (TPSA) is 101 Å². The maximum atomic E-state index is 13.2. The van der Waals surface area contributed by atoms with Crippen molar-refractivity contribution >= 4 is 20.9 Å². The minimum Gasteiger partial charge on any atom is -0.334 e. The lowest BCUT2D eigenvalue weighted by molar-refractivity contribution is 0.323. The highest BCUT2D eigenvalue weighted by atomic mass is 32.2. The van der Waals surface area contributed by atoms with Crippen LogP contribution in [-0.4, -0.2) is 42.3 Å². The smallest absolute Gasteiger partial charge is 0.244 e. The first kappa shape index (κ1) is 22.2. The summed E-state index contributed by atoms with van der Waals surface area (Å²) in [7, 11) is -4.22. The van der Waals surface area contributed by atoms with Crippen molar-refractivity contribution in [2.45, 2.75) is 42.9 Å². The highest BCUT2D eigenvalue weighted by Gasteiger charge is 2.29. The van der Waals surface area contributed by atoms with Crippen LogP contribution in [0, 0.1) is 11.3 Å². The summed E-state index contributed by atoms with van der Waals surface area (Å²) in [6.07, 6.45) is 4.90. The lowest BCUT2D eigenvalue weighted by Crippen LogP contribution is -2.38. The van der Waals surface area contributed by atoms with Gasteiger partial charge in [-0.05, 0) is 37.0 Å². The van der Waals surface area contributed by atoms with Crippen LogP contribution in [0.5, 0.6) is 0 Å². The Morgan fingerprint density at radius 2 is 1.88 bits per heavy atom. The van der Waals surface area contributed by atoms with Crippen LogP contribution in [0.15, 0.2) is 35.5 Å². The van der Waals surface area contributed by atoms with E-state index in [1.165, 1.54) is 0 Å². The molecule has 0 atom stereocenters. The molecule has 0 radical (unpaired) electrons. The molecular weight excluding hydrogens is 443 g/mol. The van der Waals surface area contributed by atoms with Crippen LogP contribution in [0.4, 0.5) is 13.2 Å². The predicted molar refractivity (Wildman–Crippen MR) is 111 cm³/mol. The van der Waals surface area contributed by atoms with Gasteiger partial charge in [0.15, 0.2) is 5.82 Å². The zero-order valence-electron chi connectivity index (χ0n) is 16.9. The Morgan fingerprint density at radius 3 is 2.41 bits per heavy atom. The molecule has 1 aromatic carbocycles. The van der Waals surface area contributed by atoms with Crippen molar-refractivity contribution in [1.82, 2.24) is 19.3 Å². The van der Waals surface area contributed by atoms with Gasteiger partial charge in [-0.2, -0.15) is 5.26 Å². The molecule has 1 fully saturated rings. The second-order valence-corrected chi connectivity index (χ2v) is 9.36. The predicted octanol–water partition coefficient (Wildman–Crippen LogP) is 3.75. The number of benzene rings is 1. The minimum absolute atomic E-state index is 0.120. The third-order valence-corrected chi connectivity index (χ3v) is 7.09. The molecule has 0 bridgehead atoms. The SMILES string of the molecule is N#Cc1c(-c2ncc(S(=O)(=O)NC(CF)CF)cn2)n(C2CCC2)c2ccc(CF)cc12. The molecule has 2 heterocycles. The van der Waals surface area contributed by atoms with Crippen LogP contribution in [0.1, 0.15) is 36.4 Å². The van der Waals surface area contributed by atoms with Crippen molar-refractivity contribution in [2.24, 2.45) is 0 Å². The van der Waals surface area contributed by atoms with Gasteiger partial charge < -0.3 is 4.57 Å². The molecular formula is C21H20F3N5O2S. The van der Waals surface area contributed by atoms with Crippen LogP contribution in [0.25, 0.3) is 22.4 Å². The third-order valence-electron chi connectivity index (χ3n) is 5.62. The van der Waals surface area contributed by atoms with Crippen LogP contribution in [-0.2, 0) is 16.7 Å². The van der Waals surface area contributed by atoms with Gasteiger partial charge in [0.1, 0.15) is 36.7 Å². The average Bonchev–Trinajstić information content (AvgIpc) is 3.09. The van der Waals surface area contributed by atoms with E-state index in [1.54, 1.807) is 18.2 Å². The number of nitriles is 1. The lowest BCUT2D eigenvalue weighted by Gasteiger charge is -2.29. The number of sulfonamides is 1. The first-order valence-corrected chi connectivity index (χ1v) is 11.5. The fourth-order valence-corrected chi connectivity index (χ4v) is 4.85. The van der Waals surface area contributed by atoms with Crippen molar-refractivity contribution in [3.05, 3.63) is 41.7 Å². The highest BCUT2D eigenvalue weighted by Crippen LogP contribution is 2.41. The van der Waals surface area contributed by atoms with E-state index in [1.807, 2.05) is 9.29 Å². The molecule has 1 aliphatic carbocycles. The van der Waals surface area contributed by atoms with Crippen LogP contribution >= 0.6 is 0 Å². The number of halogens is 3. The molecule has 0 saturated heterocycles. The summed E-state index contributed by atoms with van der Waals surface area (Å²) in [5.74, 6) is 0.137. The first-order chi connectivity index (χ1) is 15.4. The van der Waals surface area contributed by atoms with Gasteiger partial charge >= 0.3 is 0 Å². The van der Waals surface area contributed by atoms with E-state index < -0.39 is 36.1 Å². The van der Waals surface area contributed by atoms with Crippen LogP contribution in [0.3, 0.4) is 0 Å². The number of hydrogen-bond donors (Lipinski definition) is 1. The Hall–Kier alpha value is -2.97. The molecule has 0 spiro atoms. The second-order valence-electron chi connectivity index (χ2n) is 7.64. The quantitative estimate of drug-likeness (QED) is 0.548. The average molecular weight is 463 g/mol. The number of fused-ring (bicyclic) bond motifs is 1. The van der Waals surface area contributed by atoms with E-state index >= 15 is 0 Å². The number of hydrogen-bond acceptors (Lipinski definition) is 5. The van der Waals surface area contributed by atoms with E-state index in [0.29, 0.717) is 16.6 Å². The normalized spacial score (nSPS) is 14.6. The Morgan fingerprint density at radius 1 is 1.19 bits per heavy atom. The van der Waals surface area contributed by atoms with Crippen molar-refractivity contribution in [1.29, 1.82) is 5.26 Å². The van der Waals surface area contributed by atoms with Crippen molar-refractivity contribution in [2.75, 3.05) is 13.3 Å². The van der Waals surface area contributed by atoms with Gasteiger partial charge in [0.05, 0.1) is 29.5 Å². The molecule has 0 unspecified atom stereocenters. The van der Waals surface area contributed by atoms with E-state index in [2.05, 4.69) is 16.0 Å². The molecule has 32 heavy (non-hydrogen) atoms. The van der Waals surface area contributed by atoms with Crippen molar-refractivity contribution < 1.29 is 21.6 Å². The number of nitrogens with one attached hydrogen (secondary N) is 1. The van der Waals surface area contributed by atoms with Crippen molar-refractivity contribution in [3.63, 3.8) is 0 Å². The summed E-state index contributed by atoms with van der Waals surface area (Å²) >= 11 is 0. The van der Waals surface area contributed by atoms with E-state index in [9.17, 15) is 26.9 Å². The van der Waals surface area contributed by atoms with Gasteiger partial charge in [-0.3, -0.25) is 0 Å². The highest BCUT2D eigenvalue weighted by molar-refractivity contribution is 7.89. The Kier molecular flexibility index (Phi) is 6.17. The molecule has 1 aliphatic rings. The number of alkyl halides is 3. The number of nitrogens with zero attached hydrogens (tertiary/aromatic N) is 4. The summed E-state index contributed by atoms with van der Waals surface area (Å²) < 4.78 is 67.3. The standard InChI is InChI=1S/C21H20F3N5O2S/c22-7-13-4-5-19-17(6-13)18(10-25)20(29(19)15-2-1-3-15)21-26-11-16(12-27-21)32(30,31)28-14(8-23)9-24/h4-6,11-12,14-15,28H,1-3,7-9H2. The van der Waals surface area contributed by atoms with Gasteiger partial charge in [-0.1, -0.05) is 6.07 Å². The molecule has 4 rings (SSSR count). The molecule has 0 aliphatic heterocycles. The Balaban J connectivity index is 1.82. The van der Waals surface area contributed by atoms with E-state index in [4.69, 9.17) is 0 Å². The van der Waals surface area contributed by atoms with Gasteiger partial charge in [-0.25, -0.2) is 36.3 Å². The van der Waals surface area contributed by atoms with Crippen molar-refractivity contribution in [3.8, 4) is 17.6 Å². The molecule has 3 aromatic rings. The fraction of sp³-hybridized carbons (Fsp3) is 0.381. The zero-order valence-corrected chi connectivity index (χ0v) is 17.7. The zero-order chi connectivity index (χ0) is 22.9.